The predicted octanol–water partition coefficient (Wildman–Crippen LogP) is 2.02. The molecule has 2 aromatic rings. The molecule has 26 heavy (non-hydrogen) atoms. The summed E-state index contributed by atoms with van der Waals surface area (Å²) in [5.41, 5.74) is 4.72. The lowest BCUT2D eigenvalue weighted by molar-refractivity contribution is -0.384. The molecule has 2 amide bonds. The molecule has 0 aliphatic heterocycles. The monoisotopic (exact) mass is 361 g/mol. The molecule has 3 N–H and O–H groups in total. The van der Waals surface area contributed by atoms with E-state index < -0.39 is 22.7 Å². The Morgan fingerprint density at radius 2 is 1.85 bits per heavy atom. The van der Waals surface area contributed by atoms with Gasteiger partial charge in [-0.15, -0.1) is 0 Å². The third kappa shape index (κ3) is 3.69. The second-order valence-electron chi connectivity index (χ2n) is 5.08. The molecule has 2 rings (SSSR count). The van der Waals surface area contributed by atoms with Crippen LogP contribution in [0.15, 0.2) is 28.7 Å². The highest BCUT2D eigenvalue weighted by molar-refractivity contribution is 6.12. The van der Waals surface area contributed by atoms with E-state index in [1.54, 1.807) is 6.92 Å². The van der Waals surface area contributed by atoms with Crippen molar-refractivity contribution < 1.29 is 28.5 Å². The molecule has 1 heterocycles. The number of aryl methyl sites for hydroxylation is 1. The third-order valence-corrected chi connectivity index (χ3v) is 3.38. The number of esters is 1. The zero-order valence-corrected chi connectivity index (χ0v) is 13.9. The summed E-state index contributed by atoms with van der Waals surface area (Å²) in [7, 11) is 0. The van der Waals surface area contributed by atoms with E-state index in [1.165, 1.54) is 19.1 Å². The van der Waals surface area contributed by atoms with Crippen LogP contribution in [0.5, 0.6) is 0 Å². The van der Waals surface area contributed by atoms with E-state index in [1.807, 2.05) is 0 Å². The van der Waals surface area contributed by atoms with E-state index in [0.29, 0.717) is 0 Å². The van der Waals surface area contributed by atoms with Gasteiger partial charge in [0.25, 0.3) is 17.5 Å². The van der Waals surface area contributed by atoms with Crippen LogP contribution in [0.3, 0.4) is 0 Å². The lowest BCUT2D eigenvalue weighted by Gasteiger charge is -2.05. The minimum absolute atomic E-state index is 0.0521. The zero-order chi connectivity index (χ0) is 19.4. The second kappa shape index (κ2) is 7.47. The fourth-order valence-corrected chi connectivity index (χ4v) is 2.23. The van der Waals surface area contributed by atoms with Crippen molar-refractivity contribution >= 4 is 29.4 Å². The Kier molecular flexibility index (Phi) is 5.36. The van der Waals surface area contributed by atoms with Gasteiger partial charge in [0, 0.05) is 17.7 Å². The number of amides is 2. The molecule has 0 saturated carbocycles. The summed E-state index contributed by atoms with van der Waals surface area (Å²) in [6.07, 6.45) is 0. The standard InChI is InChI=1S/C16H15N3O7/c1-3-25-16(22)11-8(2)26-15(12(11)13(17)20)18-14(21)9-4-6-10(7-5-9)19(23)24/h4-7H,3H2,1-2H3,(H2,17,20)(H,18,21). The third-order valence-electron chi connectivity index (χ3n) is 3.38. The number of ether oxygens (including phenoxy) is 1. The summed E-state index contributed by atoms with van der Waals surface area (Å²) in [6, 6.07) is 4.78. The summed E-state index contributed by atoms with van der Waals surface area (Å²) in [5.74, 6) is -2.74. The van der Waals surface area contributed by atoms with Gasteiger partial charge in [0.1, 0.15) is 16.9 Å². The predicted molar refractivity (Wildman–Crippen MR) is 89.0 cm³/mol. The van der Waals surface area contributed by atoms with Crippen LogP contribution in [-0.4, -0.2) is 29.3 Å². The van der Waals surface area contributed by atoms with E-state index in [0.717, 1.165) is 12.1 Å². The van der Waals surface area contributed by atoms with Gasteiger partial charge in [-0.05, 0) is 26.0 Å². The lowest BCUT2D eigenvalue weighted by atomic mass is 10.1. The molecule has 10 nitrogen and oxygen atoms in total. The fraction of sp³-hybridized carbons (Fsp3) is 0.188. The number of nitro groups is 1. The van der Waals surface area contributed by atoms with Crippen molar-refractivity contribution in [3.05, 3.63) is 56.8 Å². The van der Waals surface area contributed by atoms with Gasteiger partial charge in [0.05, 0.1) is 11.5 Å². The van der Waals surface area contributed by atoms with Crippen LogP contribution in [0.2, 0.25) is 0 Å². The van der Waals surface area contributed by atoms with E-state index >= 15 is 0 Å². The topological polar surface area (TPSA) is 155 Å². The molecule has 0 bridgehead atoms. The van der Waals surface area contributed by atoms with Crippen LogP contribution in [0, 0.1) is 17.0 Å². The first-order valence-electron chi connectivity index (χ1n) is 7.42. The van der Waals surface area contributed by atoms with Gasteiger partial charge in [-0.1, -0.05) is 0 Å². The van der Waals surface area contributed by atoms with Crippen LogP contribution < -0.4 is 11.1 Å². The average Bonchev–Trinajstić information content (AvgIpc) is 2.91. The number of rotatable bonds is 6. The number of nitro benzene ring substituents is 1. The van der Waals surface area contributed by atoms with Crippen molar-refractivity contribution in [1.82, 2.24) is 0 Å². The molecule has 10 heteroatoms. The quantitative estimate of drug-likeness (QED) is 0.453. The van der Waals surface area contributed by atoms with Crippen molar-refractivity contribution in [3.8, 4) is 0 Å². The van der Waals surface area contributed by atoms with Gasteiger partial charge < -0.3 is 14.9 Å². The minimum Gasteiger partial charge on any atom is -0.462 e. The number of carbonyl (C=O) groups is 3. The largest absolute Gasteiger partial charge is 0.462 e. The van der Waals surface area contributed by atoms with Crippen molar-refractivity contribution in [3.63, 3.8) is 0 Å². The number of primary amides is 1. The Morgan fingerprint density at radius 1 is 1.23 bits per heavy atom. The molecule has 1 aromatic carbocycles. The van der Waals surface area contributed by atoms with Gasteiger partial charge >= 0.3 is 5.97 Å². The van der Waals surface area contributed by atoms with Crippen LogP contribution in [0.25, 0.3) is 0 Å². The first-order valence-corrected chi connectivity index (χ1v) is 7.42. The molecule has 0 fully saturated rings. The number of nitrogens with zero attached hydrogens (tertiary/aromatic N) is 1. The van der Waals surface area contributed by atoms with E-state index in [9.17, 15) is 24.5 Å². The molecule has 0 atom stereocenters. The molecule has 0 aliphatic carbocycles. The number of furan rings is 1. The number of hydrogen-bond acceptors (Lipinski definition) is 7. The van der Waals surface area contributed by atoms with Gasteiger partial charge in [-0.25, -0.2) is 4.79 Å². The van der Waals surface area contributed by atoms with E-state index in [-0.39, 0.29) is 40.6 Å². The number of non-ortho nitro benzene ring substituents is 1. The number of nitrogens with two attached hydrogens (primary N) is 1. The molecule has 1 aromatic heterocycles. The Bertz CT molecular complexity index is 884. The first kappa shape index (κ1) is 18.6. The van der Waals surface area contributed by atoms with Crippen LogP contribution >= 0.6 is 0 Å². The molecule has 0 aliphatic rings. The molecule has 0 radical (unpaired) electrons. The van der Waals surface area contributed by atoms with Gasteiger partial charge in [-0.3, -0.25) is 25.0 Å². The van der Waals surface area contributed by atoms with E-state index in [2.05, 4.69) is 5.32 Å². The molecule has 0 spiro atoms. The first-order chi connectivity index (χ1) is 12.3. The maximum Gasteiger partial charge on any atom is 0.342 e. The highest BCUT2D eigenvalue weighted by Gasteiger charge is 2.29. The van der Waals surface area contributed by atoms with Crippen molar-refractivity contribution in [2.45, 2.75) is 13.8 Å². The van der Waals surface area contributed by atoms with Gasteiger partial charge in [-0.2, -0.15) is 0 Å². The summed E-state index contributed by atoms with van der Waals surface area (Å²) >= 11 is 0. The minimum atomic E-state index is -0.982. The summed E-state index contributed by atoms with van der Waals surface area (Å²) in [4.78, 5) is 46.0. The summed E-state index contributed by atoms with van der Waals surface area (Å²) in [6.45, 7) is 3.08. The average molecular weight is 361 g/mol. The Labute approximate surface area is 147 Å². The fourth-order valence-electron chi connectivity index (χ4n) is 2.23. The Hall–Kier alpha value is -3.69. The highest BCUT2D eigenvalue weighted by atomic mass is 16.6. The van der Waals surface area contributed by atoms with Crippen LogP contribution in [0.4, 0.5) is 11.6 Å². The zero-order valence-electron chi connectivity index (χ0n) is 13.9. The highest BCUT2D eigenvalue weighted by Crippen LogP contribution is 2.28. The van der Waals surface area contributed by atoms with Crippen molar-refractivity contribution in [1.29, 1.82) is 0 Å². The van der Waals surface area contributed by atoms with Crippen molar-refractivity contribution in [2.75, 3.05) is 11.9 Å². The van der Waals surface area contributed by atoms with Crippen molar-refractivity contribution in [2.24, 2.45) is 5.73 Å². The summed E-state index contributed by atoms with van der Waals surface area (Å²) in [5, 5.41) is 13.0. The molecular weight excluding hydrogens is 346 g/mol. The maximum atomic E-state index is 12.3. The number of benzene rings is 1. The SMILES string of the molecule is CCOC(=O)c1c(C)oc(NC(=O)c2ccc([N+](=O)[O-])cc2)c1C(N)=O. The van der Waals surface area contributed by atoms with E-state index in [4.69, 9.17) is 14.9 Å². The van der Waals surface area contributed by atoms with Gasteiger partial charge in [0.2, 0.25) is 5.88 Å². The normalized spacial score (nSPS) is 10.2. The number of carbonyl (C=O) groups excluding carboxylic acids is 3. The number of hydrogen-bond donors (Lipinski definition) is 2. The van der Waals surface area contributed by atoms with Gasteiger partial charge in [0.15, 0.2) is 0 Å². The Morgan fingerprint density at radius 3 is 2.35 bits per heavy atom. The molecule has 0 saturated heterocycles. The second-order valence-corrected chi connectivity index (χ2v) is 5.08. The molecule has 0 unspecified atom stereocenters. The van der Waals surface area contributed by atoms with Crippen LogP contribution in [0.1, 0.15) is 43.8 Å². The molecular formula is C16H15N3O7. The number of anilines is 1. The van der Waals surface area contributed by atoms with Crippen LogP contribution in [-0.2, 0) is 4.74 Å². The maximum absolute atomic E-state index is 12.3. The Balaban J connectivity index is 2.35. The number of nitrogens with one attached hydrogen (secondary N) is 1. The summed E-state index contributed by atoms with van der Waals surface area (Å²) < 4.78 is 10.1. The lowest BCUT2D eigenvalue weighted by Crippen LogP contribution is -2.20. The smallest absolute Gasteiger partial charge is 0.342 e. The molecule has 136 valence electrons.